The van der Waals surface area contributed by atoms with E-state index in [2.05, 4.69) is 316 Å². The van der Waals surface area contributed by atoms with Crippen LogP contribution in [0.15, 0.2) is 297 Å². The first-order valence-electron chi connectivity index (χ1n) is 29.0. The van der Waals surface area contributed by atoms with E-state index in [0.717, 1.165) is 124 Å². The van der Waals surface area contributed by atoms with E-state index >= 15 is 0 Å². The maximum atomic E-state index is 7.15. The molecule has 0 saturated carbocycles. The first-order valence-corrected chi connectivity index (χ1v) is 29.0. The third-order valence-corrected chi connectivity index (χ3v) is 17.9. The molecule has 0 atom stereocenters. The number of rotatable bonds is 5. The highest BCUT2D eigenvalue weighted by Gasteiger charge is 2.46. The molecule has 84 heavy (non-hydrogen) atoms. The number of ether oxygens (including phenoxy) is 1. The van der Waals surface area contributed by atoms with Gasteiger partial charge in [0, 0.05) is 83.4 Å². The summed E-state index contributed by atoms with van der Waals surface area (Å²) in [5, 5.41) is 4.87. The molecule has 6 heteroatoms. The van der Waals surface area contributed by atoms with Gasteiger partial charge >= 0.3 is 0 Å². The highest BCUT2D eigenvalue weighted by Crippen LogP contribution is 2.55. The summed E-state index contributed by atoms with van der Waals surface area (Å²) in [6, 6.07) is 110. The van der Waals surface area contributed by atoms with Crippen molar-refractivity contribution in [2.75, 3.05) is 9.80 Å². The fourth-order valence-corrected chi connectivity index (χ4v) is 14.5. The molecule has 3 aliphatic rings. The van der Waals surface area contributed by atoms with Crippen LogP contribution < -0.4 is 30.9 Å². The fourth-order valence-electron chi connectivity index (χ4n) is 14.5. The lowest BCUT2D eigenvalue weighted by molar-refractivity contribution is 0.486. The van der Waals surface area contributed by atoms with Crippen molar-refractivity contribution in [3.63, 3.8) is 0 Å². The lowest BCUT2D eigenvalue weighted by Gasteiger charge is -2.46. The van der Waals surface area contributed by atoms with Gasteiger partial charge in [0.15, 0.2) is 0 Å². The van der Waals surface area contributed by atoms with Crippen molar-refractivity contribution < 1.29 is 4.74 Å². The molecule has 18 rings (SSSR count). The minimum atomic E-state index is -0.216. The summed E-state index contributed by atoms with van der Waals surface area (Å²) >= 11 is 0. The maximum absolute atomic E-state index is 7.15. The monoisotopic (exact) mass is 1070 g/mol. The molecule has 2 aromatic heterocycles. The van der Waals surface area contributed by atoms with Gasteiger partial charge in [-0.05, 0) is 94.2 Å². The number of fused-ring (bicyclic) bond motifs is 16. The van der Waals surface area contributed by atoms with Crippen molar-refractivity contribution in [3.8, 4) is 67.4 Å². The Hall–Kier alpha value is -11.1. The van der Waals surface area contributed by atoms with Gasteiger partial charge in [-0.2, -0.15) is 0 Å². The summed E-state index contributed by atoms with van der Waals surface area (Å²) in [7, 11) is 0. The second-order valence-electron chi connectivity index (χ2n) is 22.3. The Morgan fingerprint density at radius 1 is 0.262 bits per heavy atom. The predicted molar refractivity (Wildman–Crippen MR) is 351 cm³/mol. The lowest BCUT2D eigenvalue weighted by Crippen LogP contribution is -2.61. The number of nitrogens with zero attached hydrogens (tertiary/aromatic N) is 4. The second-order valence-corrected chi connectivity index (χ2v) is 22.3. The standard InChI is InChI=1S/C78H49BN4O/c1-3-23-50(24-4-1)54-34-21-35-55(51-25-5-2-6-26-51)77(54)83-71-47-52(80-66-38-14-7-27-56(66)57-28-8-15-39-67(57)80)45-46-64(71)79-65-37-22-36-63-62-33-13-20-44-75(62)84-74-43-19-12-32-61(74)60-31-11-18-42-70(60)82(78(63)65)72-48-53(49-73(83)76(72)79)81-68-40-16-9-29-58(68)59-30-10-17-41-69(59)81/h1-49H. The van der Waals surface area contributed by atoms with Crippen LogP contribution >= 0.6 is 0 Å². The molecule has 5 nitrogen and oxygen atoms in total. The van der Waals surface area contributed by atoms with Crippen LogP contribution in [0, 0.1) is 0 Å². The Morgan fingerprint density at radius 2 is 0.679 bits per heavy atom. The van der Waals surface area contributed by atoms with E-state index in [-0.39, 0.29) is 6.71 Å². The van der Waals surface area contributed by atoms with Crippen LogP contribution in [0.25, 0.3) is 99.5 Å². The minimum absolute atomic E-state index is 0.216. The molecule has 3 aliphatic heterocycles. The number of anilines is 6. The third-order valence-electron chi connectivity index (χ3n) is 17.9. The van der Waals surface area contributed by atoms with Crippen LogP contribution in [-0.2, 0) is 0 Å². The molecule has 0 spiro atoms. The molecular weight excluding hydrogens is 1020 g/mol. The molecule has 0 radical (unpaired) electrons. The van der Waals surface area contributed by atoms with Gasteiger partial charge in [0.05, 0.1) is 39.1 Å². The summed E-state index contributed by atoms with van der Waals surface area (Å²) in [6.07, 6.45) is 0. The van der Waals surface area contributed by atoms with Gasteiger partial charge in [0.1, 0.15) is 11.5 Å². The van der Waals surface area contributed by atoms with Crippen LogP contribution in [0.2, 0.25) is 0 Å². The van der Waals surface area contributed by atoms with E-state index in [4.69, 9.17) is 4.74 Å². The molecular formula is C78H49BN4O. The zero-order chi connectivity index (χ0) is 55.0. The molecule has 0 bridgehead atoms. The van der Waals surface area contributed by atoms with Crippen molar-refractivity contribution in [3.05, 3.63) is 297 Å². The van der Waals surface area contributed by atoms with Gasteiger partial charge in [0.2, 0.25) is 0 Å². The maximum Gasteiger partial charge on any atom is 0.252 e. The Balaban J connectivity index is 1.05. The van der Waals surface area contributed by atoms with Crippen LogP contribution in [0.5, 0.6) is 11.5 Å². The molecule has 0 unspecified atom stereocenters. The first kappa shape index (κ1) is 46.7. The van der Waals surface area contributed by atoms with Gasteiger partial charge in [0.25, 0.3) is 6.71 Å². The van der Waals surface area contributed by atoms with Crippen molar-refractivity contribution in [1.82, 2.24) is 9.13 Å². The Labute approximate surface area is 486 Å². The Bertz CT molecular complexity index is 5050. The summed E-state index contributed by atoms with van der Waals surface area (Å²) in [5.74, 6) is 1.61. The molecule has 0 fully saturated rings. The Kier molecular flexibility index (Phi) is 10.1. The van der Waals surface area contributed by atoms with E-state index in [1.165, 1.54) is 37.9 Å². The van der Waals surface area contributed by atoms with Crippen LogP contribution in [0.3, 0.4) is 0 Å². The first-order chi connectivity index (χ1) is 41.7. The Morgan fingerprint density at radius 3 is 1.25 bits per heavy atom. The van der Waals surface area contributed by atoms with Gasteiger partial charge in [-0.3, -0.25) is 0 Å². The number of para-hydroxylation sites is 9. The van der Waals surface area contributed by atoms with E-state index in [1.807, 2.05) is 0 Å². The molecule has 13 aromatic carbocycles. The molecule has 15 aromatic rings. The zero-order valence-corrected chi connectivity index (χ0v) is 45.6. The highest BCUT2D eigenvalue weighted by molar-refractivity contribution is 7.00. The molecule has 390 valence electrons. The average Bonchev–Trinajstić information content (AvgIpc) is 1.61. The fraction of sp³-hybridized carbons (Fsp3) is 0. The minimum Gasteiger partial charge on any atom is -0.456 e. The van der Waals surface area contributed by atoms with Crippen LogP contribution in [0.1, 0.15) is 0 Å². The van der Waals surface area contributed by atoms with E-state index in [1.54, 1.807) is 0 Å². The van der Waals surface area contributed by atoms with E-state index in [0.29, 0.717) is 0 Å². The number of aromatic nitrogens is 2. The van der Waals surface area contributed by atoms with Gasteiger partial charge in [-0.25, -0.2) is 0 Å². The SMILES string of the molecule is c1ccc(-c2cccc(-c3ccccc3)c2N2c3cc(-n4c5ccccc5c5ccccc54)ccc3B3c4cccc5c4N(c4ccccc4-c4ccccc4Oc4ccccc4-5)c4cc(-n5c6ccccc6c6ccccc65)cc2c43)cc1. The summed E-state index contributed by atoms with van der Waals surface area (Å²) in [5.41, 5.74) is 25.8. The van der Waals surface area contributed by atoms with Crippen molar-refractivity contribution >= 4 is 101 Å². The molecule has 0 saturated heterocycles. The summed E-state index contributed by atoms with van der Waals surface area (Å²) in [6.45, 7) is -0.216. The highest BCUT2D eigenvalue weighted by atomic mass is 16.5. The molecule has 0 aliphatic carbocycles. The van der Waals surface area contributed by atoms with Crippen molar-refractivity contribution in [2.45, 2.75) is 0 Å². The van der Waals surface area contributed by atoms with E-state index < -0.39 is 0 Å². The van der Waals surface area contributed by atoms with E-state index in [9.17, 15) is 0 Å². The van der Waals surface area contributed by atoms with Gasteiger partial charge in [-0.15, -0.1) is 0 Å². The number of hydrogen-bond acceptors (Lipinski definition) is 3. The van der Waals surface area contributed by atoms with Crippen molar-refractivity contribution in [1.29, 1.82) is 0 Å². The van der Waals surface area contributed by atoms with Crippen LogP contribution in [0.4, 0.5) is 34.1 Å². The van der Waals surface area contributed by atoms with Gasteiger partial charge in [-0.1, -0.05) is 231 Å². The average molecular weight is 1070 g/mol. The quantitative estimate of drug-likeness (QED) is 0.161. The topological polar surface area (TPSA) is 25.6 Å². The lowest BCUT2D eigenvalue weighted by atomic mass is 9.33. The molecule has 5 heterocycles. The van der Waals surface area contributed by atoms with Gasteiger partial charge < -0.3 is 23.7 Å². The molecule has 0 N–H and O–H groups in total. The smallest absolute Gasteiger partial charge is 0.252 e. The van der Waals surface area contributed by atoms with Crippen molar-refractivity contribution in [2.24, 2.45) is 0 Å². The predicted octanol–water partition coefficient (Wildman–Crippen LogP) is 18.7. The van der Waals surface area contributed by atoms with Crippen LogP contribution in [-0.4, -0.2) is 15.8 Å². The molecule has 0 amide bonds. The summed E-state index contributed by atoms with van der Waals surface area (Å²) in [4.78, 5) is 5.27. The third kappa shape index (κ3) is 6.73. The largest absolute Gasteiger partial charge is 0.456 e. The second kappa shape index (κ2) is 18.2. The summed E-state index contributed by atoms with van der Waals surface area (Å²) < 4.78 is 12.1. The zero-order valence-electron chi connectivity index (χ0n) is 45.6. The normalized spacial score (nSPS) is 12.8. The number of hydrogen-bond donors (Lipinski definition) is 0. The number of benzene rings is 13.